The van der Waals surface area contributed by atoms with E-state index in [1.165, 1.54) is 0 Å². The standard InChI is InChI=1S/C16H15ClO2/c1-10(2)12-8-9-13(16(18)19)15(17)14(12)11-6-4-3-5-7-11/h3-10H,1-2H3,(H,18,19). The Hall–Kier alpha value is -1.80. The third kappa shape index (κ3) is 2.64. The molecular weight excluding hydrogens is 260 g/mol. The highest BCUT2D eigenvalue weighted by atomic mass is 35.5. The molecule has 0 aliphatic heterocycles. The minimum Gasteiger partial charge on any atom is -0.478 e. The maximum Gasteiger partial charge on any atom is 0.337 e. The lowest BCUT2D eigenvalue weighted by Crippen LogP contribution is -2.02. The van der Waals surface area contributed by atoms with Crippen LogP contribution in [0.4, 0.5) is 0 Å². The summed E-state index contributed by atoms with van der Waals surface area (Å²) in [7, 11) is 0. The summed E-state index contributed by atoms with van der Waals surface area (Å²) in [5.74, 6) is -0.729. The molecule has 0 saturated carbocycles. The average molecular weight is 275 g/mol. The maximum atomic E-state index is 11.2. The zero-order valence-corrected chi connectivity index (χ0v) is 11.6. The molecule has 0 spiro atoms. The summed E-state index contributed by atoms with van der Waals surface area (Å²) in [5.41, 5.74) is 2.96. The van der Waals surface area contributed by atoms with Crippen LogP contribution in [0.25, 0.3) is 11.1 Å². The number of carboxylic acids is 1. The Morgan fingerprint density at radius 3 is 2.26 bits per heavy atom. The first-order valence-electron chi connectivity index (χ1n) is 6.13. The van der Waals surface area contributed by atoms with Crippen molar-refractivity contribution in [2.24, 2.45) is 0 Å². The molecule has 0 aliphatic carbocycles. The van der Waals surface area contributed by atoms with Gasteiger partial charge in [0.05, 0.1) is 10.6 Å². The van der Waals surface area contributed by atoms with Gasteiger partial charge < -0.3 is 5.11 Å². The summed E-state index contributed by atoms with van der Waals surface area (Å²) in [5, 5.41) is 9.49. The molecule has 3 heteroatoms. The first-order valence-corrected chi connectivity index (χ1v) is 6.51. The van der Waals surface area contributed by atoms with Gasteiger partial charge in [-0.3, -0.25) is 0 Å². The fraction of sp³-hybridized carbons (Fsp3) is 0.188. The molecule has 0 bridgehead atoms. The summed E-state index contributed by atoms with van der Waals surface area (Å²) >= 11 is 6.31. The lowest BCUT2D eigenvalue weighted by Gasteiger charge is -2.16. The topological polar surface area (TPSA) is 37.3 Å². The van der Waals surface area contributed by atoms with E-state index in [-0.39, 0.29) is 11.5 Å². The highest BCUT2D eigenvalue weighted by molar-refractivity contribution is 6.36. The number of benzene rings is 2. The van der Waals surface area contributed by atoms with Gasteiger partial charge in [-0.1, -0.05) is 61.8 Å². The predicted octanol–water partition coefficient (Wildman–Crippen LogP) is 4.83. The van der Waals surface area contributed by atoms with Crippen molar-refractivity contribution < 1.29 is 9.90 Å². The van der Waals surface area contributed by atoms with Gasteiger partial charge in [0.1, 0.15) is 0 Å². The van der Waals surface area contributed by atoms with Gasteiger partial charge in [0.25, 0.3) is 0 Å². The summed E-state index contributed by atoms with van der Waals surface area (Å²) in [6.07, 6.45) is 0. The lowest BCUT2D eigenvalue weighted by atomic mass is 9.91. The molecule has 0 saturated heterocycles. The molecule has 19 heavy (non-hydrogen) atoms. The highest BCUT2D eigenvalue weighted by Gasteiger charge is 2.18. The molecule has 2 aromatic rings. The third-order valence-corrected chi connectivity index (χ3v) is 3.48. The minimum atomic E-state index is -1.00. The van der Waals surface area contributed by atoms with E-state index in [1.54, 1.807) is 6.07 Å². The maximum absolute atomic E-state index is 11.2. The molecule has 0 unspecified atom stereocenters. The van der Waals surface area contributed by atoms with Crippen molar-refractivity contribution in [3.63, 3.8) is 0 Å². The van der Waals surface area contributed by atoms with Crippen LogP contribution in [0.15, 0.2) is 42.5 Å². The van der Waals surface area contributed by atoms with E-state index in [2.05, 4.69) is 13.8 Å². The zero-order valence-electron chi connectivity index (χ0n) is 10.9. The number of halogens is 1. The van der Waals surface area contributed by atoms with Crippen molar-refractivity contribution in [3.05, 3.63) is 58.6 Å². The quantitative estimate of drug-likeness (QED) is 0.870. The summed E-state index contributed by atoms with van der Waals surface area (Å²) in [6.45, 7) is 4.14. The second-order valence-electron chi connectivity index (χ2n) is 4.72. The fourth-order valence-corrected chi connectivity index (χ4v) is 2.50. The van der Waals surface area contributed by atoms with Gasteiger partial charge in [-0.15, -0.1) is 0 Å². The number of hydrogen-bond acceptors (Lipinski definition) is 1. The average Bonchev–Trinajstić information content (AvgIpc) is 2.38. The molecule has 2 nitrogen and oxygen atoms in total. The number of hydrogen-bond donors (Lipinski definition) is 1. The molecule has 0 heterocycles. The largest absolute Gasteiger partial charge is 0.478 e. The van der Waals surface area contributed by atoms with Gasteiger partial charge in [-0.25, -0.2) is 4.79 Å². The highest BCUT2D eigenvalue weighted by Crippen LogP contribution is 2.37. The van der Waals surface area contributed by atoms with Crippen molar-refractivity contribution >= 4 is 17.6 Å². The van der Waals surface area contributed by atoms with Crippen LogP contribution in [-0.2, 0) is 0 Å². The molecule has 0 fully saturated rings. The van der Waals surface area contributed by atoms with Gasteiger partial charge in [0.15, 0.2) is 0 Å². The molecule has 0 atom stereocenters. The van der Waals surface area contributed by atoms with Gasteiger partial charge in [-0.2, -0.15) is 0 Å². The van der Waals surface area contributed by atoms with Crippen LogP contribution in [0.3, 0.4) is 0 Å². The van der Waals surface area contributed by atoms with Crippen LogP contribution >= 0.6 is 11.6 Å². The molecule has 2 rings (SSSR count). The van der Waals surface area contributed by atoms with Crippen molar-refractivity contribution in [3.8, 4) is 11.1 Å². The van der Waals surface area contributed by atoms with Gasteiger partial charge >= 0.3 is 5.97 Å². The van der Waals surface area contributed by atoms with Crippen LogP contribution in [0.2, 0.25) is 5.02 Å². The molecule has 1 N–H and O–H groups in total. The smallest absolute Gasteiger partial charge is 0.337 e. The normalized spacial score (nSPS) is 10.7. The van der Waals surface area contributed by atoms with E-state index in [0.29, 0.717) is 5.02 Å². The van der Waals surface area contributed by atoms with Crippen LogP contribution < -0.4 is 0 Å². The predicted molar refractivity (Wildman–Crippen MR) is 77.9 cm³/mol. The zero-order chi connectivity index (χ0) is 14.0. The second kappa shape index (κ2) is 5.45. The lowest BCUT2D eigenvalue weighted by molar-refractivity contribution is 0.0697. The second-order valence-corrected chi connectivity index (χ2v) is 5.10. The molecule has 0 aliphatic rings. The number of carbonyl (C=O) groups is 1. The molecule has 98 valence electrons. The van der Waals surface area contributed by atoms with E-state index in [1.807, 2.05) is 36.4 Å². The van der Waals surface area contributed by atoms with Gasteiger partial charge in [0, 0.05) is 5.56 Å². The van der Waals surface area contributed by atoms with Crippen LogP contribution in [0.1, 0.15) is 35.7 Å². The van der Waals surface area contributed by atoms with Crippen LogP contribution in [0, 0.1) is 0 Å². The van der Waals surface area contributed by atoms with E-state index in [9.17, 15) is 9.90 Å². The Morgan fingerprint density at radius 2 is 1.74 bits per heavy atom. The SMILES string of the molecule is CC(C)c1ccc(C(=O)O)c(Cl)c1-c1ccccc1. The van der Waals surface area contributed by atoms with E-state index in [0.717, 1.165) is 16.7 Å². The van der Waals surface area contributed by atoms with E-state index in [4.69, 9.17) is 11.6 Å². The van der Waals surface area contributed by atoms with Gasteiger partial charge in [-0.05, 0) is 23.1 Å². The summed E-state index contributed by atoms with van der Waals surface area (Å²) < 4.78 is 0. The van der Waals surface area contributed by atoms with Crippen LogP contribution in [-0.4, -0.2) is 11.1 Å². The Bertz CT molecular complexity index is 604. The monoisotopic (exact) mass is 274 g/mol. The molecule has 0 aromatic heterocycles. The minimum absolute atomic E-state index is 0.143. The molecular formula is C16H15ClO2. The Balaban J connectivity index is 2.74. The van der Waals surface area contributed by atoms with Crippen LogP contribution in [0.5, 0.6) is 0 Å². The molecule has 0 amide bonds. The Labute approximate surface area is 117 Å². The van der Waals surface area contributed by atoms with E-state index < -0.39 is 5.97 Å². The first kappa shape index (κ1) is 13.6. The van der Waals surface area contributed by atoms with Crippen molar-refractivity contribution in [1.82, 2.24) is 0 Å². The van der Waals surface area contributed by atoms with E-state index >= 15 is 0 Å². The number of aromatic carboxylic acids is 1. The third-order valence-electron chi connectivity index (χ3n) is 3.09. The summed E-state index contributed by atoms with van der Waals surface area (Å²) in [6, 6.07) is 13.1. The van der Waals surface area contributed by atoms with Crippen molar-refractivity contribution in [1.29, 1.82) is 0 Å². The van der Waals surface area contributed by atoms with Gasteiger partial charge in [0.2, 0.25) is 0 Å². The number of carboxylic acid groups (broad SMARTS) is 1. The Kier molecular flexibility index (Phi) is 3.91. The Morgan fingerprint density at radius 1 is 1.11 bits per heavy atom. The molecule has 0 radical (unpaired) electrons. The van der Waals surface area contributed by atoms with Crippen molar-refractivity contribution in [2.45, 2.75) is 19.8 Å². The fourth-order valence-electron chi connectivity index (χ4n) is 2.14. The summed E-state index contributed by atoms with van der Waals surface area (Å²) in [4.78, 5) is 11.2. The number of rotatable bonds is 3. The van der Waals surface area contributed by atoms with Crippen molar-refractivity contribution in [2.75, 3.05) is 0 Å². The first-order chi connectivity index (χ1) is 9.02. The molecule has 2 aromatic carbocycles.